The zero-order valence-corrected chi connectivity index (χ0v) is 18.3. The van der Waals surface area contributed by atoms with Gasteiger partial charge in [0, 0.05) is 20.3 Å². The molecular weight excluding hydrogens is 449 g/mol. The van der Waals surface area contributed by atoms with Crippen molar-refractivity contribution in [2.24, 2.45) is 0 Å². The lowest BCUT2D eigenvalue weighted by molar-refractivity contribution is -0.249. The first-order chi connectivity index (χ1) is 15.1. The number of carbonyl (C=O) groups is 2. The fourth-order valence-corrected chi connectivity index (χ4v) is 4.05. The number of terminal acetylenes is 1. The number of nitrogens with two attached hydrogens (primary N) is 1. The maximum atomic E-state index is 15.7. The van der Waals surface area contributed by atoms with Crippen molar-refractivity contribution in [3.05, 3.63) is 15.6 Å². The SMILES string of the molecule is C#CCn1c(=O)n([C@@H]2O[C@](CCC)(OC(C)=O)[C@@H](F)[C@H]2OC(C)=O)c2nc(N)nc(Cl)c21. The maximum Gasteiger partial charge on any atom is 0.333 e. The number of imidazole rings is 1. The van der Waals surface area contributed by atoms with Crippen molar-refractivity contribution in [1.82, 2.24) is 19.1 Å². The highest BCUT2D eigenvalue weighted by atomic mass is 35.5. The number of rotatable bonds is 6. The maximum absolute atomic E-state index is 15.7. The number of nitrogen functional groups attached to an aromatic ring is 1. The molecule has 1 aliphatic heterocycles. The number of nitrogens with zero attached hydrogens (tertiary/aromatic N) is 4. The van der Waals surface area contributed by atoms with Crippen molar-refractivity contribution >= 4 is 40.7 Å². The van der Waals surface area contributed by atoms with Gasteiger partial charge in [0.05, 0.1) is 6.54 Å². The van der Waals surface area contributed by atoms with E-state index in [0.29, 0.717) is 6.42 Å². The first-order valence-corrected chi connectivity index (χ1v) is 10.00. The van der Waals surface area contributed by atoms with Crippen LogP contribution in [0.4, 0.5) is 10.3 Å². The molecule has 1 saturated heterocycles. The van der Waals surface area contributed by atoms with Crippen molar-refractivity contribution in [3.8, 4) is 12.3 Å². The molecule has 1 aliphatic rings. The minimum absolute atomic E-state index is 0.0323. The molecule has 3 heterocycles. The van der Waals surface area contributed by atoms with E-state index in [-0.39, 0.29) is 35.2 Å². The Morgan fingerprint density at radius 2 is 2.06 bits per heavy atom. The van der Waals surface area contributed by atoms with Crippen molar-refractivity contribution in [1.29, 1.82) is 0 Å². The molecule has 0 unspecified atom stereocenters. The lowest BCUT2D eigenvalue weighted by Gasteiger charge is -2.29. The molecule has 0 saturated carbocycles. The number of ether oxygens (including phenoxy) is 3. The summed E-state index contributed by atoms with van der Waals surface area (Å²) in [6.45, 7) is 3.65. The monoisotopic (exact) mass is 469 g/mol. The van der Waals surface area contributed by atoms with E-state index < -0.39 is 41.9 Å². The molecular formula is C19H21ClFN5O6. The lowest BCUT2D eigenvalue weighted by atomic mass is 10.0. The van der Waals surface area contributed by atoms with Gasteiger partial charge in [0.2, 0.25) is 12.1 Å². The molecule has 2 N–H and O–H groups in total. The van der Waals surface area contributed by atoms with Gasteiger partial charge in [-0.15, -0.1) is 6.42 Å². The van der Waals surface area contributed by atoms with Crippen LogP contribution in [0.15, 0.2) is 4.79 Å². The van der Waals surface area contributed by atoms with Crippen LogP contribution in [-0.2, 0) is 30.3 Å². The van der Waals surface area contributed by atoms with Gasteiger partial charge >= 0.3 is 17.6 Å². The van der Waals surface area contributed by atoms with Crippen LogP contribution in [0.1, 0.15) is 39.8 Å². The van der Waals surface area contributed by atoms with Crippen LogP contribution in [0.3, 0.4) is 0 Å². The van der Waals surface area contributed by atoms with Gasteiger partial charge in [0.1, 0.15) is 5.52 Å². The number of hydrogen-bond acceptors (Lipinski definition) is 9. The molecule has 3 rings (SSSR count). The van der Waals surface area contributed by atoms with Crippen LogP contribution in [0, 0.1) is 12.3 Å². The van der Waals surface area contributed by atoms with Gasteiger partial charge in [-0.3, -0.25) is 14.2 Å². The molecule has 0 amide bonds. The van der Waals surface area contributed by atoms with E-state index in [9.17, 15) is 14.4 Å². The van der Waals surface area contributed by atoms with Crippen LogP contribution in [0.5, 0.6) is 0 Å². The summed E-state index contributed by atoms with van der Waals surface area (Å²) in [5, 5.41) is -0.169. The Morgan fingerprint density at radius 3 is 2.62 bits per heavy atom. The number of fused-ring (bicyclic) bond motifs is 1. The predicted octanol–water partition coefficient (Wildman–Crippen LogP) is 1.32. The summed E-state index contributed by atoms with van der Waals surface area (Å²) in [4.78, 5) is 44.6. The Morgan fingerprint density at radius 1 is 1.38 bits per heavy atom. The number of alkyl halides is 1. The zero-order chi connectivity index (χ0) is 23.8. The predicted molar refractivity (Wildman–Crippen MR) is 110 cm³/mol. The van der Waals surface area contributed by atoms with Gasteiger partial charge in [-0.25, -0.2) is 13.8 Å². The van der Waals surface area contributed by atoms with E-state index in [2.05, 4.69) is 15.9 Å². The molecule has 1 fully saturated rings. The quantitative estimate of drug-likeness (QED) is 0.376. The third-order valence-corrected chi connectivity index (χ3v) is 5.07. The van der Waals surface area contributed by atoms with Crippen molar-refractivity contribution < 1.29 is 28.2 Å². The summed E-state index contributed by atoms with van der Waals surface area (Å²) >= 11 is 6.18. The summed E-state index contributed by atoms with van der Waals surface area (Å²) in [6.07, 6.45) is 0.303. The first-order valence-electron chi connectivity index (χ1n) is 9.62. The summed E-state index contributed by atoms with van der Waals surface area (Å²) in [5.74, 6) is -1.72. The van der Waals surface area contributed by atoms with Crippen molar-refractivity contribution in [3.63, 3.8) is 0 Å². The summed E-state index contributed by atoms with van der Waals surface area (Å²) in [7, 11) is 0. The molecule has 172 valence electrons. The third-order valence-electron chi connectivity index (χ3n) is 4.81. The minimum atomic E-state index is -2.12. The van der Waals surface area contributed by atoms with Crippen LogP contribution in [0.25, 0.3) is 11.2 Å². The van der Waals surface area contributed by atoms with Crippen molar-refractivity contribution in [2.75, 3.05) is 5.73 Å². The Labute approximate surface area is 186 Å². The molecule has 13 heteroatoms. The Kier molecular flexibility index (Phi) is 6.43. The third kappa shape index (κ3) is 3.89. The fraction of sp³-hybridized carbons (Fsp3) is 0.526. The highest BCUT2D eigenvalue weighted by molar-refractivity contribution is 6.33. The summed E-state index contributed by atoms with van der Waals surface area (Å²) in [5.41, 5.74) is 4.82. The second-order valence-electron chi connectivity index (χ2n) is 7.13. The molecule has 11 nitrogen and oxygen atoms in total. The van der Waals surface area contributed by atoms with E-state index in [1.807, 2.05) is 0 Å². The number of carbonyl (C=O) groups excluding carboxylic acids is 2. The molecule has 0 spiro atoms. The minimum Gasteiger partial charge on any atom is -0.454 e. The Hall–Kier alpha value is -3.17. The number of aromatic nitrogens is 4. The molecule has 0 aromatic carbocycles. The van der Waals surface area contributed by atoms with E-state index in [0.717, 1.165) is 23.0 Å². The number of halogens is 2. The number of hydrogen-bond donors (Lipinski definition) is 1. The topological polar surface area (TPSA) is 141 Å². The lowest BCUT2D eigenvalue weighted by Crippen LogP contribution is -2.45. The van der Waals surface area contributed by atoms with Crippen LogP contribution in [0.2, 0.25) is 5.15 Å². The standard InChI is InChI=1S/C19H21ClFN5O6/c1-5-7-19(31-10(4)28)13(21)12(30-9(3)27)16(32-19)26-15-11(14(20)23-17(22)24-15)25(8-6-2)18(26)29/h2,12-13,16H,5,7-8H2,1,3-4H3,(H2,22,23,24)/t12-,13+,16-,19+/m1/s1. The smallest absolute Gasteiger partial charge is 0.333 e. The second kappa shape index (κ2) is 8.76. The van der Waals surface area contributed by atoms with Gasteiger partial charge in [0.15, 0.2) is 23.1 Å². The molecule has 0 bridgehead atoms. The van der Waals surface area contributed by atoms with E-state index >= 15 is 4.39 Å². The largest absolute Gasteiger partial charge is 0.454 e. The van der Waals surface area contributed by atoms with E-state index in [4.69, 9.17) is 38.0 Å². The highest BCUT2D eigenvalue weighted by Gasteiger charge is 2.61. The van der Waals surface area contributed by atoms with Gasteiger partial charge in [0.25, 0.3) is 5.79 Å². The van der Waals surface area contributed by atoms with Crippen LogP contribution >= 0.6 is 11.6 Å². The highest BCUT2D eigenvalue weighted by Crippen LogP contribution is 2.45. The fourth-order valence-electron chi connectivity index (χ4n) is 3.78. The van der Waals surface area contributed by atoms with Gasteiger partial charge in [-0.05, 0) is 6.42 Å². The average Bonchev–Trinajstić information content (AvgIpc) is 3.08. The first kappa shape index (κ1) is 23.5. The Bertz CT molecular complexity index is 1170. The summed E-state index contributed by atoms with van der Waals surface area (Å²) in [6, 6.07) is 0. The molecule has 0 radical (unpaired) electrons. The molecule has 2 aromatic heterocycles. The molecule has 2 aromatic rings. The second-order valence-corrected chi connectivity index (χ2v) is 7.49. The Balaban J connectivity index is 2.30. The van der Waals surface area contributed by atoms with Crippen LogP contribution < -0.4 is 11.4 Å². The zero-order valence-electron chi connectivity index (χ0n) is 17.5. The van der Waals surface area contributed by atoms with Crippen molar-refractivity contribution in [2.45, 2.75) is 64.4 Å². The number of anilines is 1. The van der Waals surface area contributed by atoms with E-state index in [1.165, 1.54) is 0 Å². The van der Waals surface area contributed by atoms with Gasteiger partial charge < -0.3 is 19.9 Å². The normalized spacial score (nSPS) is 24.9. The van der Waals surface area contributed by atoms with Gasteiger partial charge in [-0.1, -0.05) is 24.4 Å². The van der Waals surface area contributed by atoms with Crippen LogP contribution in [-0.4, -0.2) is 49.1 Å². The van der Waals surface area contributed by atoms with Gasteiger partial charge in [-0.2, -0.15) is 9.97 Å². The van der Waals surface area contributed by atoms with E-state index in [1.54, 1.807) is 6.92 Å². The number of esters is 2. The average molecular weight is 470 g/mol. The molecule has 4 atom stereocenters. The molecule has 0 aliphatic carbocycles. The summed E-state index contributed by atoms with van der Waals surface area (Å²) < 4.78 is 33.9. The molecule has 32 heavy (non-hydrogen) atoms.